The molecule has 0 atom stereocenters. The van der Waals surface area contributed by atoms with Crippen molar-refractivity contribution in [2.45, 2.75) is 218 Å². The summed E-state index contributed by atoms with van der Waals surface area (Å²) < 4.78 is 67.3. The minimum atomic E-state index is -1.19. The molecule has 6 nitrogen and oxygen atoms in total. The van der Waals surface area contributed by atoms with Gasteiger partial charge in [-0.1, -0.05) is 253 Å². The summed E-state index contributed by atoms with van der Waals surface area (Å²) in [5, 5.41) is 20.9. The Kier molecular flexibility index (Phi) is 24.8. The summed E-state index contributed by atoms with van der Waals surface area (Å²) in [5.74, 6) is -5.92. The highest BCUT2D eigenvalue weighted by Gasteiger charge is 2.57. The van der Waals surface area contributed by atoms with Crippen molar-refractivity contribution in [1.82, 2.24) is 0 Å². The van der Waals surface area contributed by atoms with Gasteiger partial charge in [-0.2, -0.15) is 0 Å². The molecule has 0 unspecified atom stereocenters. The van der Waals surface area contributed by atoms with E-state index in [-0.39, 0.29) is 55.9 Å². The van der Waals surface area contributed by atoms with Crippen molar-refractivity contribution in [2.75, 3.05) is 0 Å². The number of fused-ring (bicyclic) bond motifs is 15. The van der Waals surface area contributed by atoms with Gasteiger partial charge >= 0.3 is 0 Å². The van der Waals surface area contributed by atoms with Crippen LogP contribution in [0.2, 0.25) is 0 Å². The van der Waals surface area contributed by atoms with Gasteiger partial charge in [0, 0.05) is 74.8 Å². The van der Waals surface area contributed by atoms with E-state index in [2.05, 4.69) is 147 Å². The van der Waals surface area contributed by atoms with Crippen LogP contribution in [0.5, 0.6) is 0 Å². The molecule has 0 fully saturated rings. The summed E-state index contributed by atoms with van der Waals surface area (Å²) in [5.41, 5.74) is 11.6. The Bertz CT molecular complexity index is 5690. The summed E-state index contributed by atoms with van der Waals surface area (Å²) in [6, 6.07) is 49.6. The zero-order valence-corrected chi connectivity index (χ0v) is 72.1. The van der Waals surface area contributed by atoms with Gasteiger partial charge < -0.3 is 0 Å². The molecule has 0 saturated carbocycles. The second kappa shape index (κ2) is 35.7. The van der Waals surface area contributed by atoms with E-state index in [9.17, 15) is 20.1 Å². The van der Waals surface area contributed by atoms with Crippen molar-refractivity contribution in [3.8, 4) is 31.6 Å². The van der Waals surface area contributed by atoms with Crippen LogP contribution in [-0.2, 0) is 36.5 Å². The molecule has 0 spiro atoms. The van der Waals surface area contributed by atoms with Crippen molar-refractivity contribution < 1.29 is 27.2 Å². The molecule has 6 aromatic heterocycles. The van der Waals surface area contributed by atoms with Crippen LogP contribution in [0.25, 0.3) is 80.7 Å². The number of unbranched alkanes of at least 4 members (excludes halogenated alkanes) is 20. The van der Waals surface area contributed by atoms with Crippen molar-refractivity contribution in [2.24, 2.45) is 0 Å². The Hall–Kier alpha value is -9.72. The van der Waals surface area contributed by atoms with Crippen LogP contribution < -0.4 is 0 Å². The topological polar surface area (TPSA) is 90.4 Å². The second-order valence-corrected chi connectivity index (χ2v) is 38.5. The van der Waals surface area contributed by atoms with Gasteiger partial charge in [-0.3, -0.25) is 9.59 Å². The van der Waals surface area contributed by atoms with Gasteiger partial charge in [-0.15, -0.1) is 68.0 Å². The predicted molar refractivity (Wildman–Crippen MR) is 485 cm³/mol. The molecule has 0 amide bonds. The number of allylic oxidation sites excluding steroid dienone is 6. The van der Waals surface area contributed by atoms with Gasteiger partial charge in [0.1, 0.15) is 0 Å². The predicted octanol–water partition coefficient (Wildman–Crippen LogP) is 31.3. The number of ketones is 2. The second-order valence-electron chi connectivity index (χ2n) is 32.2. The van der Waals surface area contributed by atoms with E-state index >= 15 is 17.6 Å². The van der Waals surface area contributed by atoms with Crippen LogP contribution in [0.3, 0.4) is 0 Å². The molecular weight excluding hydrogens is 1580 g/mol. The van der Waals surface area contributed by atoms with Gasteiger partial charge in [-0.25, -0.2) is 37.8 Å². The van der Waals surface area contributed by atoms with E-state index in [1.165, 1.54) is 155 Å². The van der Waals surface area contributed by atoms with Gasteiger partial charge in [0.25, 0.3) is 11.4 Å². The molecule has 0 bridgehead atoms. The van der Waals surface area contributed by atoms with Crippen LogP contribution in [0.15, 0.2) is 156 Å². The van der Waals surface area contributed by atoms with Crippen molar-refractivity contribution >= 4 is 131 Å². The summed E-state index contributed by atoms with van der Waals surface area (Å²) in [4.78, 5) is 42.5. The summed E-state index contributed by atoms with van der Waals surface area (Å²) >= 11 is 10.3. The third kappa shape index (κ3) is 14.8. The minimum absolute atomic E-state index is 0.00969. The van der Waals surface area contributed by atoms with E-state index in [1.54, 1.807) is 57.5 Å². The standard InChI is InChI=1S/C102H92F4N4O2S6/c1-7-11-15-19-23-27-31-61-35-43-65(44-36-61)101(66-45-37-62(38-46-66)32-28-24-20-16-12-8-2)87-93-83(53-69(113-93)51-75-85(81(59-107)109-5)71-55-77(103)79(105)57-73(71)91(75)111)115-95(87)97-89(101)99-100(117-97)90-98(118-99)96-88(94-84(116-96)54-70(114-94)52-76-86(82(60-108)110-6)72-56-78(104)80(106)58-74(72)92(76)112)102(90,67-47-39-63(40-48-67)33-29-25-21-17-13-9-3)68-49-41-64(42-50-68)34-30-26-22-18-14-10-4/h35-58H,7-34H2,1-4H3/b75-51-,76-52-,85-81-,86-82+. The lowest BCUT2D eigenvalue weighted by Crippen LogP contribution is -2.29. The molecule has 0 saturated heterocycles. The van der Waals surface area contributed by atoms with E-state index in [4.69, 9.17) is 13.1 Å². The lowest BCUT2D eigenvalue weighted by atomic mass is 9.67. The molecule has 12 aromatic rings. The maximum atomic E-state index is 15.3. The molecule has 4 aliphatic rings. The number of benzene rings is 6. The van der Waals surface area contributed by atoms with E-state index in [1.807, 2.05) is 34.8 Å². The van der Waals surface area contributed by atoms with Gasteiger partial charge in [0.05, 0.1) is 74.4 Å². The number of carbonyl (C=O) groups is 2. The number of carbonyl (C=O) groups excluding carboxylic acids is 2. The molecule has 118 heavy (non-hydrogen) atoms. The molecule has 6 aromatic carbocycles. The molecule has 16 rings (SSSR count). The fourth-order valence-corrected chi connectivity index (χ4v) is 27.6. The number of nitriles is 2. The smallest absolute Gasteiger partial charge is 0.270 e. The first-order valence-electron chi connectivity index (χ1n) is 42.4. The summed E-state index contributed by atoms with van der Waals surface area (Å²) in [6.07, 6.45) is 35.7. The fraction of sp³-hybridized carbons (Fsp3) is 0.333. The fourth-order valence-electron chi connectivity index (χ4n) is 18.8. The third-order valence-electron chi connectivity index (χ3n) is 24.7. The number of nitrogens with zero attached hydrogens (tertiary/aromatic N) is 4. The number of halogens is 4. The highest BCUT2D eigenvalue weighted by atomic mass is 32.1. The highest BCUT2D eigenvalue weighted by molar-refractivity contribution is 7.37. The van der Waals surface area contributed by atoms with Gasteiger partial charge in [0.15, 0.2) is 34.8 Å². The summed E-state index contributed by atoms with van der Waals surface area (Å²) in [7, 11) is 0. The SMILES string of the molecule is [C-]#[N+]/C(C#N)=C1\C(=C\c2cc3sc4c(c3s2)C(c2ccc(CCCCCCCC)cc2)(c2ccc(CCCCCCCC)cc2)c2c-4sc3c4c(sc23)-c2sc3cc(/C=C5\C(=O)c6cc(F)c(F)cc6\C5=C(\C#N)[N+]#[C-])sc3c2C4(c2ccc(CCCCCCCC)cc2)c2ccc(CCCCCCCC)cc2)C(=O)c2cc(F)c(F)cc21. The van der Waals surface area contributed by atoms with Crippen molar-refractivity contribution in [3.63, 3.8) is 0 Å². The number of Topliss-reactive ketones (excluding diaryl/α,β-unsaturated/α-hetero) is 2. The zero-order valence-electron chi connectivity index (χ0n) is 67.2. The summed E-state index contributed by atoms with van der Waals surface area (Å²) in [6.45, 7) is 25.2. The molecule has 0 aliphatic heterocycles. The molecule has 16 heteroatoms. The average Bonchev–Trinajstić information content (AvgIpc) is 1.47. The van der Waals surface area contributed by atoms with E-state index in [0.29, 0.717) is 9.75 Å². The molecule has 6 heterocycles. The van der Waals surface area contributed by atoms with Gasteiger partial charge in [0.2, 0.25) is 0 Å². The first-order valence-corrected chi connectivity index (χ1v) is 47.3. The molecule has 596 valence electrons. The number of hydrogen-bond donors (Lipinski definition) is 0. The normalized spacial score (nSPS) is 15.6. The lowest BCUT2D eigenvalue weighted by Gasteiger charge is -2.34. The van der Waals surface area contributed by atoms with Crippen LogP contribution in [0.1, 0.15) is 290 Å². The van der Waals surface area contributed by atoms with Gasteiger partial charge in [-0.05, 0) is 156 Å². The maximum Gasteiger partial charge on any atom is 0.270 e. The number of rotatable bonds is 34. The first kappa shape index (κ1) is 82.0. The number of thiophene rings is 6. The molecule has 0 radical (unpaired) electrons. The average molecular weight is 1670 g/mol. The monoisotopic (exact) mass is 1670 g/mol. The minimum Gasteiger partial charge on any atom is -0.289 e. The Labute approximate surface area is 713 Å². The number of hydrogen-bond acceptors (Lipinski definition) is 10. The Morgan fingerprint density at radius 3 is 0.898 bits per heavy atom. The quantitative estimate of drug-likeness (QED) is 0.0132. The largest absolute Gasteiger partial charge is 0.289 e. The molecule has 0 N–H and O–H groups in total. The van der Waals surface area contributed by atoms with Crippen molar-refractivity contribution in [1.29, 1.82) is 10.5 Å². The number of aryl methyl sites for hydroxylation is 4. The van der Waals surface area contributed by atoms with Crippen LogP contribution in [-0.4, -0.2) is 11.6 Å². The Balaban J connectivity index is 0.948. The van der Waals surface area contributed by atoms with Crippen LogP contribution in [0, 0.1) is 59.1 Å². The highest BCUT2D eigenvalue weighted by Crippen LogP contribution is 2.72. The zero-order chi connectivity index (χ0) is 81.9. The Morgan fingerprint density at radius 2 is 0.619 bits per heavy atom. The van der Waals surface area contributed by atoms with E-state index in [0.717, 1.165) is 163 Å². The van der Waals surface area contributed by atoms with E-state index < -0.39 is 45.7 Å². The first-order chi connectivity index (χ1) is 57.7. The maximum absolute atomic E-state index is 15.3. The Morgan fingerprint density at radius 1 is 0.356 bits per heavy atom. The van der Waals surface area contributed by atoms with Crippen LogP contribution in [0.4, 0.5) is 17.6 Å². The lowest BCUT2D eigenvalue weighted by molar-refractivity contribution is 0.103. The third-order valence-corrected chi connectivity index (χ3v) is 32.3. The van der Waals surface area contributed by atoms with Crippen LogP contribution >= 0.6 is 68.0 Å². The molecular formula is C102H92F4N4O2S6. The van der Waals surface area contributed by atoms with Crippen molar-refractivity contribution in [3.05, 3.63) is 301 Å². The molecule has 4 aliphatic carbocycles.